The highest BCUT2D eigenvalue weighted by molar-refractivity contribution is 5.32. The van der Waals surface area contributed by atoms with E-state index in [0.29, 0.717) is 11.4 Å². The molecule has 0 aliphatic rings. The summed E-state index contributed by atoms with van der Waals surface area (Å²) < 4.78 is 7.00. The van der Waals surface area contributed by atoms with Crippen molar-refractivity contribution in [2.45, 2.75) is 26.0 Å². The third-order valence-corrected chi connectivity index (χ3v) is 2.74. The minimum Gasteiger partial charge on any atom is -0.495 e. The smallest absolute Gasteiger partial charge is 0.143 e. The van der Waals surface area contributed by atoms with Crippen molar-refractivity contribution in [3.8, 4) is 5.75 Å². The Labute approximate surface area is 106 Å². The van der Waals surface area contributed by atoms with Crippen molar-refractivity contribution in [3.05, 3.63) is 42.0 Å². The lowest BCUT2D eigenvalue weighted by Gasteiger charge is -2.15. The summed E-state index contributed by atoms with van der Waals surface area (Å²) in [5.74, 6) is 0.578. The summed E-state index contributed by atoms with van der Waals surface area (Å²) in [6.45, 7) is 2.84. The third-order valence-electron chi connectivity index (χ3n) is 2.74. The Morgan fingerprint density at radius 1 is 1.39 bits per heavy atom. The van der Waals surface area contributed by atoms with Crippen molar-refractivity contribution >= 4 is 0 Å². The first-order chi connectivity index (χ1) is 8.77. The number of nitrogens with zero attached hydrogens (tertiary/aromatic N) is 3. The number of rotatable bonds is 5. The summed E-state index contributed by atoms with van der Waals surface area (Å²) in [6, 6.07) is 5.36. The number of hydrogen-bond acceptors (Lipinski definition) is 4. The molecule has 96 valence electrons. The lowest BCUT2D eigenvalue weighted by atomic mass is 10.1. The molecule has 0 radical (unpaired) electrons. The fourth-order valence-electron chi connectivity index (χ4n) is 1.89. The molecule has 18 heavy (non-hydrogen) atoms. The van der Waals surface area contributed by atoms with Crippen LogP contribution in [0.5, 0.6) is 5.75 Å². The van der Waals surface area contributed by atoms with Crippen LogP contribution in [0.25, 0.3) is 0 Å². The highest BCUT2D eigenvalue weighted by Crippen LogP contribution is 2.27. The molecular formula is C13H17N3O2. The lowest BCUT2D eigenvalue weighted by molar-refractivity contribution is 0.197. The van der Waals surface area contributed by atoms with Crippen LogP contribution in [0.4, 0.5) is 0 Å². The van der Waals surface area contributed by atoms with Crippen LogP contribution in [-0.2, 0) is 6.54 Å². The molecule has 1 unspecified atom stereocenters. The van der Waals surface area contributed by atoms with E-state index in [9.17, 15) is 5.11 Å². The average Bonchev–Trinajstić information content (AvgIpc) is 2.86. The number of aryl methyl sites for hydroxylation is 1. The number of aliphatic hydroxyl groups excluding tert-OH is 1. The standard InChI is InChI=1S/C13H17N3O2/c1-3-9-16-10(6-8-15-16)13(17)12-11(18-2)5-4-7-14-12/h4-8,13,17H,3,9H2,1-2H3. The van der Waals surface area contributed by atoms with Crippen LogP contribution in [0.1, 0.15) is 30.8 Å². The van der Waals surface area contributed by atoms with E-state index in [1.165, 1.54) is 0 Å². The van der Waals surface area contributed by atoms with Crippen molar-refractivity contribution in [2.75, 3.05) is 7.11 Å². The molecule has 0 amide bonds. The Morgan fingerprint density at radius 2 is 2.22 bits per heavy atom. The van der Waals surface area contributed by atoms with Crippen LogP contribution in [0.15, 0.2) is 30.6 Å². The monoisotopic (exact) mass is 247 g/mol. The summed E-state index contributed by atoms with van der Waals surface area (Å²) in [4.78, 5) is 4.19. The van der Waals surface area contributed by atoms with Crippen LogP contribution >= 0.6 is 0 Å². The number of aromatic nitrogens is 3. The molecule has 0 fully saturated rings. The molecule has 1 N–H and O–H groups in total. The summed E-state index contributed by atoms with van der Waals surface area (Å²) in [6.07, 6.45) is 3.46. The molecule has 5 nitrogen and oxygen atoms in total. The van der Waals surface area contributed by atoms with Gasteiger partial charge in [0.05, 0.1) is 12.8 Å². The molecule has 2 rings (SSSR count). The zero-order valence-electron chi connectivity index (χ0n) is 10.6. The Morgan fingerprint density at radius 3 is 2.94 bits per heavy atom. The van der Waals surface area contributed by atoms with E-state index in [2.05, 4.69) is 17.0 Å². The Bertz CT molecular complexity index is 510. The van der Waals surface area contributed by atoms with Gasteiger partial charge in [0.1, 0.15) is 17.5 Å². The number of hydrogen-bond donors (Lipinski definition) is 1. The van der Waals surface area contributed by atoms with Gasteiger partial charge in [-0.3, -0.25) is 9.67 Å². The SMILES string of the molecule is CCCn1nccc1C(O)c1ncccc1OC. The number of ether oxygens (including phenoxy) is 1. The molecule has 0 aliphatic heterocycles. The topological polar surface area (TPSA) is 60.2 Å². The molecule has 1 atom stereocenters. The van der Waals surface area contributed by atoms with Gasteiger partial charge in [-0.15, -0.1) is 0 Å². The summed E-state index contributed by atoms with van der Waals surface area (Å²) in [5, 5.41) is 14.6. The molecule has 0 aromatic carbocycles. The minimum absolute atomic E-state index is 0.512. The quantitative estimate of drug-likeness (QED) is 0.875. The Hall–Kier alpha value is -1.88. The van der Waals surface area contributed by atoms with E-state index >= 15 is 0 Å². The van der Waals surface area contributed by atoms with Crippen molar-refractivity contribution in [2.24, 2.45) is 0 Å². The second-order valence-corrected chi connectivity index (χ2v) is 3.97. The van der Waals surface area contributed by atoms with Gasteiger partial charge >= 0.3 is 0 Å². The normalized spacial score (nSPS) is 12.4. The van der Waals surface area contributed by atoms with Crippen molar-refractivity contribution in [1.29, 1.82) is 0 Å². The van der Waals surface area contributed by atoms with Gasteiger partial charge < -0.3 is 9.84 Å². The first-order valence-corrected chi connectivity index (χ1v) is 5.96. The highest BCUT2D eigenvalue weighted by Gasteiger charge is 2.20. The predicted molar refractivity (Wildman–Crippen MR) is 67.4 cm³/mol. The van der Waals surface area contributed by atoms with Gasteiger partial charge in [0.2, 0.25) is 0 Å². The maximum atomic E-state index is 10.4. The molecule has 0 saturated carbocycles. The second kappa shape index (κ2) is 5.64. The summed E-state index contributed by atoms with van der Waals surface area (Å²) >= 11 is 0. The first kappa shape index (κ1) is 12.6. The largest absolute Gasteiger partial charge is 0.495 e. The molecule has 2 aromatic heterocycles. The van der Waals surface area contributed by atoms with Gasteiger partial charge in [-0.2, -0.15) is 5.10 Å². The number of pyridine rings is 1. The average molecular weight is 247 g/mol. The number of aliphatic hydroxyl groups is 1. The van der Waals surface area contributed by atoms with Crippen LogP contribution in [0.3, 0.4) is 0 Å². The molecular weight excluding hydrogens is 230 g/mol. The molecule has 0 saturated heterocycles. The van der Waals surface area contributed by atoms with Crippen LogP contribution in [-0.4, -0.2) is 27.0 Å². The van der Waals surface area contributed by atoms with Gasteiger partial charge in [-0.1, -0.05) is 6.92 Å². The van der Waals surface area contributed by atoms with E-state index in [4.69, 9.17) is 4.74 Å². The molecule has 0 spiro atoms. The van der Waals surface area contributed by atoms with Crippen molar-refractivity contribution < 1.29 is 9.84 Å². The Balaban J connectivity index is 2.35. The molecule has 2 aromatic rings. The fourth-order valence-corrected chi connectivity index (χ4v) is 1.89. The summed E-state index contributed by atoms with van der Waals surface area (Å²) in [7, 11) is 1.57. The third kappa shape index (κ3) is 2.36. The van der Waals surface area contributed by atoms with Crippen LogP contribution in [0.2, 0.25) is 0 Å². The number of methoxy groups -OCH3 is 1. The highest BCUT2D eigenvalue weighted by atomic mass is 16.5. The van der Waals surface area contributed by atoms with E-state index in [-0.39, 0.29) is 0 Å². The van der Waals surface area contributed by atoms with Crippen molar-refractivity contribution in [1.82, 2.24) is 14.8 Å². The van der Waals surface area contributed by atoms with Gasteiger partial charge in [-0.05, 0) is 24.6 Å². The maximum absolute atomic E-state index is 10.4. The van der Waals surface area contributed by atoms with Crippen LogP contribution < -0.4 is 4.74 Å². The second-order valence-electron chi connectivity index (χ2n) is 3.97. The van der Waals surface area contributed by atoms with E-state index in [1.807, 2.05) is 0 Å². The molecule has 2 heterocycles. The van der Waals surface area contributed by atoms with E-state index < -0.39 is 6.10 Å². The van der Waals surface area contributed by atoms with E-state index in [1.54, 1.807) is 42.4 Å². The molecule has 0 bridgehead atoms. The van der Waals surface area contributed by atoms with Gasteiger partial charge in [-0.25, -0.2) is 0 Å². The van der Waals surface area contributed by atoms with Gasteiger partial charge in [0.15, 0.2) is 0 Å². The lowest BCUT2D eigenvalue weighted by Crippen LogP contribution is -2.12. The minimum atomic E-state index is -0.824. The molecule has 0 aliphatic carbocycles. The first-order valence-electron chi connectivity index (χ1n) is 5.96. The molecule has 5 heteroatoms. The van der Waals surface area contributed by atoms with Crippen LogP contribution in [0, 0.1) is 0 Å². The Kier molecular flexibility index (Phi) is 3.94. The summed E-state index contributed by atoms with van der Waals surface area (Å²) in [5.41, 5.74) is 1.24. The predicted octanol–water partition coefficient (Wildman–Crippen LogP) is 1.78. The zero-order chi connectivity index (χ0) is 13.0. The van der Waals surface area contributed by atoms with Gasteiger partial charge in [0.25, 0.3) is 0 Å². The van der Waals surface area contributed by atoms with E-state index in [0.717, 1.165) is 18.7 Å². The zero-order valence-corrected chi connectivity index (χ0v) is 10.6. The fraction of sp³-hybridized carbons (Fsp3) is 0.385. The van der Waals surface area contributed by atoms with Gasteiger partial charge in [0, 0.05) is 18.9 Å². The maximum Gasteiger partial charge on any atom is 0.143 e. The van der Waals surface area contributed by atoms with Crippen molar-refractivity contribution in [3.63, 3.8) is 0 Å².